The van der Waals surface area contributed by atoms with Crippen molar-refractivity contribution in [2.75, 3.05) is 26.3 Å². The molecule has 0 aliphatic carbocycles. The monoisotopic (exact) mass is 371 g/mol. The smallest absolute Gasteiger partial charge is 0.406 e. The number of hydrogen-bond donors (Lipinski definition) is 0. The van der Waals surface area contributed by atoms with Crippen LogP contribution < -0.4 is 9.64 Å². The van der Waals surface area contributed by atoms with Crippen molar-refractivity contribution in [2.45, 2.75) is 12.9 Å². The molecule has 4 rings (SSSR count). The minimum atomic E-state index is -4.76. The SMILES string of the molecule is [O-][n+]1onc(CN2C[C@H]3COC[C@H]3C2)c1-c1ccc(OC(F)(F)F)cc1. The van der Waals surface area contributed by atoms with Crippen molar-refractivity contribution in [3.8, 4) is 17.0 Å². The maximum atomic E-state index is 12.3. The number of alkyl halides is 3. The van der Waals surface area contributed by atoms with E-state index in [1.165, 1.54) is 12.1 Å². The molecular weight excluding hydrogens is 355 g/mol. The summed E-state index contributed by atoms with van der Waals surface area (Å²) < 4.78 is 50.8. The van der Waals surface area contributed by atoms with Gasteiger partial charge in [0.05, 0.1) is 19.8 Å². The van der Waals surface area contributed by atoms with Gasteiger partial charge in [0, 0.05) is 35.6 Å². The van der Waals surface area contributed by atoms with Gasteiger partial charge in [0.15, 0.2) is 0 Å². The number of benzene rings is 1. The lowest BCUT2D eigenvalue weighted by Gasteiger charge is -2.14. The predicted molar refractivity (Wildman–Crippen MR) is 80.7 cm³/mol. The number of halogens is 3. The molecule has 26 heavy (non-hydrogen) atoms. The highest BCUT2D eigenvalue weighted by Gasteiger charge is 2.38. The minimum Gasteiger partial charge on any atom is -0.406 e. The number of nitrogens with zero attached hydrogens (tertiary/aromatic N) is 3. The molecule has 2 saturated heterocycles. The van der Waals surface area contributed by atoms with Gasteiger partial charge < -0.3 is 14.7 Å². The third kappa shape index (κ3) is 3.47. The Hall–Kier alpha value is -2.33. The summed E-state index contributed by atoms with van der Waals surface area (Å²) in [7, 11) is 0. The van der Waals surface area contributed by atoms with Crippen LogP contribution in [0.1, 0.15) is 5.69 Å². The number of rotatable bonds is 4. The van der Waals surface area contributed by atoms with E-state index in [4.69, 9.17) is 9.37 Å². The molecule has 0 amide bonds. The van der Waals surface area contributed by atoms with Crippen molar-refractivity contribution in [3.05, 3.63) is 35.2 Å². The largest absolute Gasteiger partial charge is 0.573 e. The van der Waals surface area contributed by atoms with Crippen LogP contribution in [0.4, 0.5) is 13.2 Å². The number of hydrogen-bond acceptors (Lipinski definition) is 6. The first kappa shape index (κ1) is 17.1. The molecule has 0 unspecified atom stereocenters. The van der Waals surface area contributed by atoms with Crippen molar-refractivity contribution >= 4 is 0 Å². The van der Waals surface area contributed by atoms with Gasteiger partial charge in [-0.15, -0.1) is 13.2 Å². The molecule has 2 aromatic rings. The summed E-state index contributed by atoms with van der Waals surface area (Å²) in [4.78, 5) is 2.45. The zero-order valence-corrected chi connectivity index (χ0v) is 13.6. The maximum Gasteiger partial charge on any atom is 0.573 e. The number of aromatic nitrogens is 2. The lowest BCUT2D eigenvalue weighted by molar-refractivity contribution is -0.793. The van der Waals surface area contributed by atoms with Gasteiger partial charge in [-0.2, -0.15) is 0 Å². The van der Waals surface area contributed by atoms with E-state index in [0.29, 0.717) is 29.6 Å². The Labute approximate surface area is 146 Å². The Morgan fingerprint density at radius 2 is 1.85 bits per heavy atom. The van der Waals surface area contributed by atoms with Crippen molar-refractivity contribution < 1.29 is 32.2 Å². The molecule has 2 aliphatic rings. The van der Waals surface area contributed by atoms with Gasteiger partial charge in [-0.3, -0.25) is 9.53 Å². The summed E-state index contributed by atoms with van der Waals surface area (Å²) in [5.41, 5.74) is 1.05. The summed E-state index contributed by atoms with van der Waals surface area (Å²) >= 11 is 0. The molecule has 0 N–H and O–H groups in total. The second-order valence-electron chi connectivity index (χ2n) is 6.55. The molecule has 3 heterocycles. The molecular formula is C16H16F3N3O4. The highest BCUT2D eigenvalue weighted by Crippen LogP contribution is 2.31. The van der Waals surface area contributed by atoms with Gasteiger partial charge in [0.2, 0.25) is 11.4 Å². The molecule has 1 aromatic carbocycles. The molecule has 2 fully saturated rings. The van der Waals surface area contributed by atoms with Crippen LogP contribution in [0.25, 0.3) is 11.3 Å². The van der Waals surface area contributed by atoms with Gasteiger partial charge in [-0.25, -0.2) is 0 Å². The highest BCUT2D eigenvalue weighted by atomic mass is 19.4. The summed E-state index contributed by atoms with van der Waals surface area (Å²) in [5, 5.41) is 15.8. The Morgan fingerprint density at radius 3 is 2.46 bits per heavy atom. The van der Waals surface area contributed by atoms with Crippen molar-refractivity contribution in [1.82, 2.24) is 10.1 Å². The molecule has 1 aromatic heterocycles. The summed E-state index contributed by atoms with van der Waals surface area (Å²) in [6.07, 6.45) is -4.76. The van der Waals surface area contributed by atoms with Crippen LogP contribution in [0.15, 0.2) is 28.9 Å². The lowest BCUT2D eigenvalue weighted by atomic mass is 10.0. The quantitative estimate of drug-likeness (QED) is 0.765. The van der Waals surface area contributed by atoms with Crippen LogP contribution in [0.3, 0.4) is 0 Å². The van der Waals surface area contributed by atoms with E-state index < -0.39 is 6.36 Å². The van der Waals surface area contributed by atoms with E-state index in [-0.39, 0.29) is 16.3 Å². The second kappa shape index (κ2) is 6.44. The molecule has 140 valence electrons. The van der Waals surface area contributed by atoms with E-state index in [0.717, 1.165) is 38.4 Å². The number of likely N-dealkylation sites (tertiary alicyclic amines) is 1. The normalized spacial score (nSPS) is 23.3. The van der Waals surface area contributed by atoms with Crippen LogP contribution in [-0.4, -0.2) is 42.7 Å². The third-order valence-electron chi connectivity index (χ3n) is 4.73. The molecule has 0 bridgehead atoms. The first-order valence-corrected chi connectivity index (χ1v) is 8.14. The van der Waals surface area contributed by atoms with Gasteiger partial charge in [-0.1, -0.05) is 0 Å². The van der Waals surface area contributed by atoms with Crippen LogP contribution >= 0.6 is 0 Å². The van der Waals surface area contributed by atoms with Gasteiger partial charge >= 0.3 is 6.36 Å². The number of fused-ring (bicyclic) bond motifs is 1. The second-order valence-corrected chi connectivity index (χ2v) is 6.55. The topological polar surface area (TPSA) is 74.7 Å². The Morgan fingerprint density at radius 1 is 1.19 bits per heavy atom. The fourth-order valence-electron chi connectivity index (χ4n) is 3.59. The summed E-state index contributed by atoms with van der Waals surface area (Å²) in [6, 6.07) is 5.05. The minimum absolute atomic E-state index is 0.192. The Balaban J connectivity index is 1.51. The molecule has 0 spiro atoms. The zero-order valence-electron chi connectivity index (χ0n) is 13.6. The Bertz CT molecular complexity index is 766. The molecule has 0 radical (unpaired) electrons. The van der Waals surface area contributed by atoms with E-state index in [1.54, 1.807) is 0 Å². The average Bonchev–Trinajstić information content (AvgIpc) is 3.23. The van der Waals surface area contributed by atoms with E-state index >= 15 is 0 Å². The van der Waals surface area contributed by atoms with Crippen LogP contribution in [0, 0.1) is 17.0 Å². The fourth-order valence-corrected chi connectivity index (χ4v) is 3.59. The lowest BCUT2D eigenvalue weighted by Crippen LogP contribution is -2.27. The summed E-state index contributed by atoms with van der Waals surface area (Å²) in [6.45, 7) is 3.63. The van der Waals surface area contributed by atoms with Crippen molar-refractivity contribution in [2.24, 2.45) is 11.8 Å². The van der Waals surface area contributed by atoms with Gasteiger partial charge in [0.1, 0.15) is 5.75 Å². The molecule has 0 saturated carbocycles. The van der Waals surface area contributed by atoms with Crippen LogP contribution in [0.5, 0.6) is 5.75 Å². The van der Waals surface area contributed by atoms with Gasteiger partial charge in [0.25, 0.3) is 0 Å². The first-order chi connectivity index (χ1) is 12.4. The standard InChI is InChI=1S/C16H16F3N3O4/c17-16(18,19)25-13-3-1-10(2-4-13)15-14(20-26-22(15)23)7-21-5-11-8-24-9-12(11)6-21/h1-4,11-12H,5-9H2/t11-,12+. The average molecular weight is 371 g/mol. The fraction of sp³-hybridized carbons (Fsp3) is 0.500. The Kier molecular flexibility index (Phi) is 4.23. The van der Waals surface area contributed by atoms with Crippen LogP contribution in [-0.2, 0) is 11.3 Å². The van der Waals surface area contributed by atoms with Crippen molar-refractivity contribution in [3.63, 3.8) is 0 Å². The molecule has 7 nitrogen and oxygen atoms in total. The third-order valence-corrected chi connectivity index (χ3v) is 4.73. The highest BCUT2D eigenvalue weighted by molar-refractivity contribution is 5.59. The molecule has 2 atom stereocenters. The van der Waals surface area contributed by atoms with E-state index in [1.807, 2.05) is 0 Å². The van der Waals surface area contributed by atoms with E-state index in [2.05, 4.69) is 14.8 Å². The van der Waals surface area contributed by atoms with Gasteiger partial charge in [-0.05, 0) is 29.2 Å². The maximum absolute atomic E-state index is 12.3. The summed E-state index contributed by atoms with van der Waals surface area (Å²) in [5.74, 6) is 0.621. The predicted octanol–water partition coefficient (Wildman–Crippen LogP) is 1.95. The zero-order chi connectivity index (χ0) is 18.3. The molecule has 2 aliphatic heterocycles. The van der Waals surface area contributed by atoms with E-state index in [9.17, 15) is 18.4 Å². The number of ether oxygens (including phenoxy) is 2. The van der Waals surface area contributed by atoms with Crippen molar-refractivity contribution in [1.29, 1.82) is 0 Å². The first-order valence-electron chi connectivity index (χ1n) is 8.14. The van der Waals surface area contributed by atoms with Crippen LogP contribution in [0.2, 0.25) is 0 Å². The molecule has 10 heteroatoms.